The summed E-state index contributed by atoms with van der Waals surface area (Å²) in [5, 5.41) is 1.83. The quantitative estimate of drug-likeness (QED) is 0.888. The van der Waals surface area contributed by atoms with Crippen LogP contribution in [0.1, 0.15) is 11.3 Å². The van der Waals surface area contributed by atoms with E-state index in [4.69, 9.17) is 10.5 Å². The van der Waals surface area contributed by atoms with E-state index in [-0.39, 0.29) is 0 Å². The van der Waals surface area contributed by atoms with Crippen molar-refractivity contribution in [2.24, 2.45) is 5.73 Å². The number of aryl methyl sites for hydroxylation is 1. The van der Waals surface area contributed by atoms with Crippen LogP contribution in [-0.4, -0.2) is 12.1 Å². The number of benzene rings is 1. The molecule has 0 fully saturated rings. The summed E-state index contributed by atoms with van der Waals surface area (Å²) in [5.41, 5.74) is 8.84. The first-order valence-corrected chi connectivity index (χ1v) is 5.87. The molecule has 1 aromatic carbocycles. The molecule has 0 aliphatic heterocycles. The van der Waals surface area contributed by atoms with Crippen LogP contribution < -0.4 is 10.5 Å². The fourth-order valence-corrected chi connectivity index (χ4v) is 2.54. The number of aromatic nitrogens is 1. The van der Waals surface area contributed by atoms with E-state index >= 15 is 0 Å². The highest BCUT2D eigenvalue weighted by Crippen LogP contribution is 2.34. The summed E-state index contributed by atoms with van der Waals surface area (Å²) in [5.74, 6) is 0. The van der Waals surface area contributed by atoms with Gasteiger partial charge in [-0.05, 0) is 12.5 Å². The predicted molar refractivity (Wildman–Crippen MR) is 66.7 cm³/mol. The molecule has 0 saturated heterocycles. The summed E-state index contributed by atoms with van der Waals surface area (Å²) in [7, 11) is 1.67. The first-order valence-electron chi connectivity index (χ1n) is 5.06. The van der Waals surface area contributed by atoms with Gasteiger partial charge in [0.15, 0.2) is 5.06 Å². The van der Waals surface area contributed by atoms with Gasteiger partial charge >= 0.3 is 0 Å². The van der Waals surface area contributed by atoms with Crippen molar-refractivity contribution in [3.63, 3.8) is 0 Å². The number of ether oxygens (including phenoxy) is 1. The number of hydrogen-bond donors (Lipinski definition) is 1. The van der Waals surface area contributed by atoms with Gasteiger partial charge in [-0.1, -0.05) is 35.6 Å². The van der Waals surface area contributed by atoms with Crippen LogP contribution in [0.4, 0.5) is 0 Å². The fourth-order valence-electron chi connectivity index (χ4n) is 1.59. The molecule has 16 heavy (non-hydrogen) atoms. The standard InChI is InChI=1S/C12H14N2OS/c1-8-12(15-2)16-11(14-8)10-6-4-3-5-9(10)7-13/h3-6H,7,13H2,1-2H3. The number of thiazole rings is 1. The third kappa shape index (κ3) is 1.94. The van der Waals surface area contributed by atoms with Gasteiger partial charge in [0.1, 0.15) is 5.01 Å². The predicted octanol–water partition coefficient (Wildman–Crippen LogP) is 2.59. The van der Waals surface area contributed by atoms with Crippen LogP contribution in [0.2, 0.25) is 0 Å². The maximum Gasteiger partial charge on any atom is 0.197 e. The summed E-state index contributed by atoms with van der Waals surface area (Å²) < 4.78 is 5.25. The average molecular weight is 234 g/mol. The molecule has 3 nitrogen and oxygen atoms in total. The van der Waals surface area contributed by atoms with Gasteiger partial charge in [-0.25, -0.2) is 4.98 Å². The second kappa shape index (κ2) is 4.63. The lowest BCUT2D eigenvalue weighted by Gasteiger charge is -2.03. The van der Waals surface area contributed by atoms with Gasteiger partial charge in [-0.3, -0.25) is 0 Å². The second-order valence-corrected chi connectivity index (χ2v) is 4.42. The van der Waals surface area contributed by atoms with E-state index in [0.717, 1.165) is 26.9 Å². The van der Waals surface area contributed by atoms with Gasteiger partial charge in [0.25, 0.3) is 0 Å². The van der Waals surface area contributed by atoms with Crippen LogP contribution in [0.5, 0.6) is 5.06 Å². The number of nitrogens with zero attached hydrogens (tertiary/aromatic N) is 1. The summed E-state index contributed by atoms with van der Waals surface area (Å²) in [6.45, 7) is 2.47. The van der Waals surface area contributed by atoms with Crippen molar-refractivity contribution < 1.29 is 4.74 Å². The van der Waals surface area contributed by atoms with Crippen LogP contribution in [0.25, 0.3) is 10.6 Å². The van der Waals surface area contributed by atoms with Crippen molar-refractivity contribution in [1.29, 1.82) is 0 Å². The third-order valence-corrected chi connectivity index (χ3v) is 3.56. The van der Waals surface area contributed by atoms with Gasteiger partial charge < -0.3 is 10.5 Å². The van der Waals surface area contributed by atoms with Crippen molar-refractivity contribution >= 4 is 11.3 Å². The summed E-state index contributed by atoms with van der Waals surface area (Å²) >= 11 is 1.55. The van der Waals surface area contributed by atoms with Crippen LogP contribution in [0, 0.1) is 6.92 Å². The molecule has 0 spiro atoms. The van der Waals surface area contributed by atoms with Gasteiger partial charge in [-0.15, -0.1) is 0 Å². The molecule has 0 radical (unpaired) electrons. The Morgan fingerprint density at radius 1 is 1.38 bits per heavy atom. The van der Waals surface area contributed by atoms with Gasteiger partial charge in [0.2, 0.25) is 0 Å². The van der Waals surface area contributed by atoms with Crippen LogP contribution in [-0.2, 0) is 6.54 Å². The van der Waals surface area contributed by atoms with Crippen molar-refractivity contribution in [2.75, 3.05) is 7.11 Å². The molecule has 2 aromatic rings. The SMILES string of the molecule is COc1sc(-c2ccccc2CN)nc1C. The third-order valence-electron chi connectivity index (χ3n) is 2.41. The molecule has 84 valence electrons. The largest absolute Gasteiger partial charge is 0.486 e. The minimum Gasteiger partial charge on any atom is -0.486 e. The van der Waals surface area contributed by atoms with Crippen LogP contribution in [0.15, 0.2) is 24.3 Å². The lowest BCUT2D eigenvalue weighted by Crippen LogP contribution is -1.98. The molecule has 1 aromatic heterocycles. The maximum absolute atomic E-state index is 5.71. The lowest BCUT2D eigenvalue weighted by molar-refractivity contribution is 0.423. The first-order chi connectivity index (χ1) is 7.76. The molecule has 0 unspecified atom stereocenters. The maximum atomic E-state index is 5.71. The smallest absolute Gasteiger partial charge is 0.197 e. The van der Waals surface area contributed by atoms with Crippen molar-refractivity contribution in [1.82, 2.24) is 4.98 Å². The Hall–Kier alpha value is -1.39. The number of methoxy groups -OCH3 is 1. The average Bonchev–Trinajstić information content (AvgIpc) is 2.70. The van der Waals surface area contributed by atoms with Gasteiger partial charge in [0.05, 0.1) is 12.8 Å². The van der Waals surface area contributed by atoms with Crippen LogP contribution in [0.3, 0.4) is 0 Å². The monoisotopic (exact) mass is 234 g/mol. The highest BCUT2D eigenvalue weighted by Gasteiger charge is 2.11. The number of hydrogen-bond acceptors (Lipinski definition) is 4. The normalized spacial score (nSPS) is 10.4. The molecular weight excluding hydrogens is 220 g/mol. The lowest BCUT2D eigenvalue weighted by atomic mass is 10.1. The minimum absolute atomic E-state index is 0.525. The summed E-state index contributed by atoms with van der Waals surface area (Å²) in [6.07, 6.45) is 0. The van der Waals surface area contributed by atoms with E-state index in [9.17, 15) is 0 Å². The fraction of sp³-hybridized carbons (Fsp3) is 0.250. The molecule has 0 bridgehead atoms. The van der Waals surface area contributed by atoms with Crippen molar-refractivity contribution in [3.05, 3.63) is 35.5 Å². The van der Waals surface area contributed by atoms with E-state index in [1.807, 2.05) is 31.2 Å². The topological polar surface area (TPSA) is 48.1 Å². The molecule has 0 atom stereocenters. The molecule has 4 heteroatoms. The molecule has 0 aliphatic rings. The molecule has 0 amide bonds. The molecule has 0 saturated carbocycles. The Balaban J connectivity index is 2.49. The minimum atomic E-state index is 0.525. The van der Waals surface area contributed by atoms with Crippen LogP contribution >= 0.6 is 11.3 Å². The van der Waals surface area contributed by atoms with E-state index < -0.39 is 0 Å². The molecule has 1 heterocycles. The Bertz CT molecular complexity index is 494. The summed E-state index contributed by atoms with van der Waals surface area (Å²) in [6, 6.07) is 8.06. The Morgan fingerprint density at radius 2 is 2.12 bits per heavy atom. The van der Waals surface area contributed by atoms with Gasteiger partial charge in [-0.2, -0.15) is 0 Å². The van der Waals surface area contributed by atoms with Gasteiger partial charge in [0, 0.05) is 12.1 Å². The first kappa shape index (κ1) is 11.1. The van der Waals surface area contributed by atoms with E-state index in [1.165, 1.54) is 0 Å². The van der Waals surface area contributed by atoms with Crippen molar-refractivity contribution in [3.8, 4) is 15.6 Å². The molecular formula is C12H14N2OS. The Kier molecular flexibility index (Phi) is 3.22. The van der Waals surface area contributed by atoms with E-state index in [2.05, 4.69) is 4.98 Å². The molecule has 0 aliphatic carbocycles. The second-order valence-electron chi connectivity index (χ2n) is 3.46. The Labute approximate surface area is 98.9 Å². The molecule has 2 rings (SSSR count). The zero-order valence-electron chi connectivity index (χ0n) is 9.36. The van der Waals surface area contributed by atoms with E-state index in [1.54, 1.807) is 18.4 Å². The zero-order valence-corrected chi connectivity index (χ0v) is 10.2. The Morgan fingerprint density at radius 3 is 2.75 bits per heavy atom. The highest BCUT2D eigenvalue weighted by atomic mass is 32.1. The molecule has 2 N–H and O–H groups in total. The zero-order chi connectivity index (χ0) is 11.5. The number of rotatable bonds is 3. The van der Waals surface area contributed by atoms with E-state index in [0.29, 0.717) is 6.54 Å². The number of nitrogens with two attached hydrogens (primary N) is 1. The summed E-state index contributed by atoms with van der Waals surface area (Å²) in [4.78, 5) is 4.50. The van der Waals surface area contributed by atoms with Crippen molar-refractivity contribution in [2.45, 2.75) is 13.5 Å². The highest BCUT2D eigenvalue weighted by molar-refractivity contribution is 7.17.